The van der Waals surface area contributed by atoms with Crippen molar-refractivity contribution in [2.24, 2.45) is 0 Å². The van der Waals surface area contributed by atoms with Crippen LogP contribution >= 0.6 is 0 Å². The molecule has 0 amide bonds. The lowest BCUT2D eigenvalue weighted by molar-refractivity contribution is 0.0349. The van der Waals surface area contributed by atoms with E-state index in [1.54, 1.807) is 6.20 Å². The quantitative estimate of drug-likeness (QED) is 0.319. The van der Waals surface area contributed by atoms with Gasteiger partial charge in [0.05, 0.1) is 5.70 Å². The number of nitrogens with one attached hydrogen (secondary N) is 1. The average molecular weight is 359 g/mol. The molecule has 0 spiro atoms. The molecule has 4 nitrogen and oxygen atoms in total. The van der Waals surface area contributed by atoms with Crippen molar-refractivity contribution < 1.29 is 0 Å². The summed E-state index contributed by atoms with van der Waals surface area (Å²) in [7, 11) is 2.10. The van der Waals surface area contributed by atoms with Gasteiger partial charge in [0.25, 0.3) is 0 Å². The number of likely N-dealkylation sites (tertiary alicyclic amines) is 1. The number of hydrogen-bond acceptors (Lipinski definition) is 4. The first-order valence-electron chi connectivity index (χ1n) is 9.66. The molecule has 1 rings (SSSR count). The van der Waals surface area contributed by atoms with Crippen LogP contribution in [0.15, 0.2) is 61.1 Å². The molecule has 1 unspecified atom stereocenters. The van der Waals surface area contributed by atoms with Gasteiger partial charge >= 0.3 is 0 Å². The molecule has 0 bridgehead atoms. The molecule has 0 saturated carbocycles. The van der Waals surface area contributed by atoms with E-state index in [2.05, 4.69) is 72.2 Å². The highest BCUT2D eigenvalue weighted by atomic mass is 15.6. The first kappa shape index (κ1) is 22.3. The van der Waals surface area contributed by atoms with E-state index in [4.69, 9.17) is 0 Å². The van der Waals surface area contributed by atoms with Crippen LogP contribution in [0.1, 0.15) is 40.0 Å². The van der Waals surface area contributed by atoms with Crippen molar-refractivity contribution in [3.8, 4) is 0 Å². The third-order valence-electron chi connectivity index (χ3n) is 4.83. The van der Waals surface area contributed by atoms with Crippen LogP contribution in [-0.2, 0) is 0 Å². The number of likely N-dealkylation sites (N-methyl/N-ethyl adjacent to an activating group) is 1. The van der Waals surface area contributed by atoms with Gasteiger partial charge in [0, 0.05) is 38.3 Å². The highest BCUT2D eigenvalue weighted by Gasteiger charge is 2.21. The smallest absolute Gasteiger partial charge is 0.0556 e. The minimum Gasteiger partial charge on any atom is -0.390 e. The maximum absolute atomic E-state index is 4.36. The Labute approximate surface area is 161 Å². The Morgan fingerprint density at radius 1 is 1.23 bits per heavy atom. The number of rotatable bonds is 12. The molecule has 0 aromatic heterocycles. The molecule has 1 fully saturated rings. The molecule has 26 heavy (non-hydrogen) atoms. The van der Waals surface area contributed by atoms with Gasteiger partial charge in [-0.1, -0.05) is 38.0 Å². The Bertz CT molecular complexity index is 526. The summed E-state index contributed by atoms with van der Waals surface area (Å²) >= 11 is 0. The molecular weight excluding hydrogens is 320 g/mol. The zero-order valence-corrected chi connectivity index (χ0v) is 17.3. The summed E-state index contributed by atoms with van der Waals surface area (Å²) in [4.78, 5) is 2.50. The Balaban J connectivity index is 2.78. The summed E-state index contributed by atoms with van der Waals surface area (Å²) in [5.74, 6) is 0. The SMILES string of the molecule is C=CNCC(C)N(C)N(C(=C)C/C=C/CN1CCCC1)/C(=C\C)C(=C)C. The van der Waals surface area contributed by atoms with Crippen molar-refractivity contribution in [1.82, 2.24) is 20.2 Å². The molecule has 0 aliphatic carbocycles. The second-order valence-electron chi connectivity index (χ2n) is 7.05. The largest absolute Gasteiger partial charge is 0.390 e. The first-order valence-corrected chi connectivity index (χ1v) is 9.66. The van der Waals surface area contributed by atoms with Gasteiger partial charge in [-0.25, -0.2) is 5.01 Å². The van der Waals surface area contributed by atoms with Crippen molar-refractivity contribution >= 4 is 0 Å². The fourth-order valence-corrected chi connectivity index (χ4v) is 3.19. The normalized spacial score (nSPS) is 16.9. The maximum atomic E-state index is 4.36. The third kappa shape index (κ3) is 6.85. The van der Waals surface area contributed by atoms with E-state index in [1.807, 2.05) is 13.8 Å². The summed E-state index contributed by atoms with van der Waals surface area (Å²) in [6.07, 6.45) is 11.8. The van der Waals surface area contributed by atoms with E-state index in [-0.39, 0.29) is 6.04 Å². The summed E-state index contributed by atoms with van der Waals surface area (Å²) in [5, 5.41) is 7.61. The number of hydrogen-bond donors (Lipinski definition) is 1. The average Bonchev–Trinajstić information content (AvgIpc) is 3.13. The van der Waals surface area contributed by atoms with Gasteiger partial charge in [0.15, 0.2) is 0 Å². The van der Waals surface area contributed by atoms with Crippen LogP contribution in [0.2, 0.25) is 0 Å². The molecule has 0 radical (unpaired) electrons. The van der Waals surface area contributed by atoms with E-state index >= 15 is 0 Å². The molecule has 1 heterocycles. The highest BCUT2D eigenvalue weighted by molar-refractivity contribution is 5.28. The standard InChI is InChI=1S/C22H38N4/c1-8-22(19(3)4)26(24(7)21(6)18-23-9-2)20(5)14-10-11-15-25-16-12-13-17-25/h8-11,21,23H,2-3,5,12-18H2,1,4,6-7H3/b11-10+,22-8-. The number of hydrazine groups is 1. The molecule has 1 N–H and O–H groups in total. The molecule has 146 valence electrons. The van der Waals surface area contributed by atoms with Crippen molar-refractivity contribution in [3.05, 3.63) is 61.1 Å². The van der Waals surface area contributed by atoms with E-state index in [1.165, 1.54) is 25.9 Å². The van der Waals surface area contributed by atoms with Crippen LogP contribution in [0.3, 0.4) is 0 Å². The lowest BCUT2D eigenvalue weighted by atomic mass is 10.2. The maximum Gasteiger partial charge on any atom is 0.0556 e. The molecule has 1 aliphatic heterocycles. The zero-order valence-electron chi connectivity index (χ0n) is 17.3. The number of nitrogens with zero attached hydrogens (tertiary/aromatic N) is 3. The van der Waals surface area contributed by atoms with E-state index in [9.17, 15) is 0 Å². The molecule has 0 aromatic rings. The number of allylic oxidation sites excluding steroid dienone is 3. The van der Waals surface area contributed by atoms with E-state index in [0.29, 0.717) is 0 Å². The Kier molecular flexibility index (Phi) is 10.1. The van der Waals surface area contributed by atoms with Gasteiger partial charge in [0.1, 0.15) is 0 Å². The molecule has 4 heteroatoms. The van der Waals surface area contributed by atoms with Crippen LogP contribution in [0.25, 0.3) is 0 Å². The summed E-state index contributed by atoms with van der Waals surface area (Å²) in [6.45, 7) is 22.8. The van der Waals surface area contributed by atoms with Crippen LogP contribution in [-0.4, -0.2) is 54.2 Å². The Hall–Kier alpha value is -1.78. The fourth-order valence-electron chi connectivity index (χ4n) is 3.19. The van der Waals surface area contributed by atoms with Gasteiger partial charge in [-0.2, -0.15) is 0 Å². The summed E-state index contributed by atoms with van der Waals surface area (Å²) in [6, 6.07) is 0.285. The van der Waals surface area contributed by atoms with Gasteiger partial charge in [-0.05, 0) is 58.5 Å². The van der Waals surface area contributed by atoms with Gasteiger partial charge in [-0.15, -0.1) is 0 Å². The van der Waals surface area contributed by atoms with E-state index in [0.717, 1.165) is 36.5 Å². The molecule has 1 aliphatic rings. The fraction of sp³-hybridized carbons (Fsp3) is 0.545. The second kappa shape index (κ2) is 11.8. The minimum absolute atomic E-state index is 0.285. The van der Waals surface area contributed by atoms with Crippen LogP contribution < -0.4 is 5.32 Å². The molecule has 0 aromatic carbocycles. The summed E-state index contributed by atoms with van der Waals surface area (Å²) in [5.41, 5.74) is 3.17. The molecular formula is C22H38N4. The minimum atomic E-state index is 0.285. The predicted octanol–water partition coefficient (Wildman–Crippen LogP) is 4.29. The van der Waals surface area contributed by atoms with Crippen molar-refractivity contribution in [3.63, 3.8) is 0 Å². The lowest BCUT2D eigenvalue weighted by Crippen LogP contribution is -2.47. The van der Waals surface area contributed by atoms with Gasteiger partial charge < -0.3 is 5.32 Å². The van der Waals surface area contributed by atoms with Crippen LogP contribution in [0.5, 0.6) is 0 Å². The molecule has 1 atom stereocenters. The summed E-state index contributed by atoms with van der Waals surface area (Å²) < 4.78 is 0. The third-order valence-corrected chi connectivity index (χ3v) is 4.83. The van der Waals surface area contributed by atoms with Crippen molar-refractivity contribution in [2.45, 2.75) is 46.1 Å². The zero-order chi connectivity index (χ0) is 19.5. The highest BCUT2D eigenvalue weighted by Crippen LogP contribution is 2.24. The van der Waals surface area contributed by atoms with Gasteiger partial charge in [-0.3, -0.25) is 9.91 Å². The van der Waals surface area contributed by atoms with Crippen molar-refractivity contribution in [2.75, 3.05) is 33.2 Å². The van der Waals surface area contributed by atoms with Crippen LogP contribution in [0, 0.1) is 0 Å². The first-order chi connectivity index (χ1) is 12.4. The monoisotopic (exact) mass is 358 g/mol. The van der Waals surface area contributed by atoms with E-state index < -0.39 is 0 Å². The topological polar surface area (TPSA) is 21.8 Å². The van der Waals surface area contributed by atoms with Gasteiger partial charge in [0.2, 0.25) is 0 Å². The second-order valence-corrected chi connectivity index (χ2v) is 7.05. The predicted molar refractivity (Wildman–Crippen MR) is 114 cm³/mol. The Morgan fingerprint density at radius 3 is 2.42 bits per heavy atom. The molecule has 1 saturated heterocycles. The lowest BCUT2D eigenvalue weighted by Gasteiger charge is -2.40. The van der Waals surface area contributed by atoms with Crippen molar-refractivity contribution in [1.29, 1.82) is 0 Å². The van der Waals surface area contributed by atoms with Crippen LogP contribution in [0.4, 0.5) is 0 Å². The Morgan fingerprint density at radius 2 is 1.88 bits per heavy atom.